The summed E-state index contributed by atoms with van der Waals surface area (Å²) in [5.41, 5.74) is 4.71. The number of hydrogen-bond donors (Lipinski definition) is 2. The molecule has 0 saturated heterocycles. The van der Waals surface area contributed by atoms with Crippen LogP contribution in [0.2, 0.25) is 0 Å². The van der Waals surface area contributed by atoms with Crippen molar-refractivity contribution in [3.63, 3.8) is 0 Å². The van der Waals surface area contributed by atoms with E-state index in [1.165, 1.54) is 27.0 Å². The van der Waals surface area contributed by atoms with Gasteiger partial charge in [0.05, 0.1) is 9.77 Å². The van der Waals surface area contributed by atoms with Crippen LogP contribution in [0.25, 0.3) is 10.4 Å². The summed E-state index contributed by atoms with van der Waals surface area (Å²) in [5, 5.41) is 10.5. The van der Waals surface area contributed by atoms with E-state index in [-0.39, 0.29) is 6.54 Å². The third-order valence-electron chi connectivity index (χ3n) is 4.69. The minimum atomic E-state index is -3.62. The van der Waals surface area contributed by atoms with E-state index in [1.807, 2.05) is 31.2 Å². The van der Waals surface area contributed by atoms with Gasteiger partial charge in [-0.25, -0.2) is 13.9 Å². The minimum Gasteiger partial charge on any atom is -0.288 e. The zero-order chi connectivity index (χ0) is 19.9. The fourth-order valence-corrected chi connectivity index (χ4v) is 7.09. The van der Waals surface area contributed by atoms with Crippen molar-refractivity contribution >= 4 is 38.6 Å². The molecule has 2 N–H and O–H groups in total. The Bertz CT molecular complexity index is 1150. The van der Waals surface area contributed by atoms with E-state index in [2.05, 4.69) is 0 Å². The number of aryl methyl sites for hydroxylation is 1. The fourth-order valence-electron chi connectivity index (χ4n) is 3.22. The zero-order valence-electron chi connectivity index (χ0n) is 15.0. The van der Waals surface area contributed by atoms with Gasteiger partial charge in [-0.2, -0.15) is 4.31 Å². The fraction of sp³-hybridized carbons (Fsp3) is 0.211. The van der Waals surface area contributed by atoms with Crippen LogP contribution in [-0.4, -0.2) is 30.4 Å². The molecule has 0 aliphatic carbocycles. The van der Waals surface area contributed by atoms with E-state index in [9.17, 15) is 13.2 Å². The summed E-state index contributed by atoms with van der Waals surface area (Å²) in [6, 6.07) is 11.4. The number of benzene rings is 1. The summed E-state index contributed by atoms with van der Waals surface area (Å²) in [7, 11) is -3.62. The van der Waals surface area contributed by atoms with Crippen LogP contribution < -0.4 is 5.48 Å². The van der Waals surface area contributed by atoms with E-state index >= 15 is 0 Å². The van der Waals surface area contributed by atoms with Gasteiger partial charge in [-0.1, -0.05) is 29.8 Å². The summed E-state index contributed by atoms with van der Waals surface area (Å²) in [4.78, 5) is 14.0. The average Bonchev–Trinajstić information content (AvgIpc) is 3.34. The molecule has 146 valence electrons. The quantitative estimate of drug-likeness (QED) is 0.485. The van der Waals surface area contributed by atoms with Gasteiger partial charge in [0.25, 0.3) is 5.91 Å². The molecule has 3 heterocycles. The zero-order valence-corrected chi connectivity index (χ0v) is 17.5. The Kier molecular flexibility index (Phi) is 5.11. The molecule has 9 heteroatoms. The topological polar surface area (TPSA) is 86.7 Å². The molecule has 3 aromatic rings. The van der Waals surface area contributed by atoms with E-state index in [4.69, 9.17) is 5.21 Å². The average molecular weight is 435 g/mol. The van der Waals surface area contributed by atoms with Crippen LogP contribution >= 0.6 is 22.7 Å². The molecule has 1 aliphatic heterocycles. The Labute approximate surface area is 171 Å². The summed E-state index contributed by atoms with van der Waals surface area (Å²) in [6.45, 7) is 2.60. The standard InChI is InChI=1S/C19H18N2O4S3/c1-12-3-2-4-13(7-12)16-9-15(11-26-16)28(24,25)21-6-5-14-8-17(19(22)20-23)27-18(14)10-21/h2-4,7-9,11,23H,5-6,10H2,1H3,(H,20,22). The van der Waals surface area contributed by atoms with E-state index < -0.39 is 15.9 Å². The van der Waals surface area contributed by atoms with E-state index in [0.717, 1.165) is 26.4 Å². The first kappa shape index (κ1) is 19.3. The maximum Gasteiger partial charge on any atom is 0.284 e. The first-order valence-electron chi connectivity index (χ1n) is 8.60. The highest BCUT2D eigenvalue weighted by molar-refractivity contribution is 7.89. The van der Waals surface area contributed by atoms with Gasteiger partial charge >= 0.3 is 0 Å². The number of hydrogen-bond acceptors (Lipinski definition) is 6. The van der Waals surface area contributed by atoms with Gasteiger partial charge in [0.2, 0.25) is 10.0 Å². The molecule has 0 bridgehead atoms. The number of amides is 1. The van der Waals surface area contributed by atoms with Gasteiger partial charge in [-0.15, -0.1) is 22.7 Å². The third-order valence-corrected chi connectivity index (χ3v) is 8.80. The number of thiophene rings is 2. The predicted molar refractivity (Wildman–Crippen MR) is 109 cm³/mol. The second-order valence-electron chi connectivity index (χ2n) is 6.60. The molecular weight excluding hydrogens is 416 g/mol. The Hall–Kier alpha value is -2.04. The van der Waals surface area contributed by atoms with Crippen LogP contribution in [0.1, 0.15) is 25.7 Å². The number of carbonyl (C=O) groups excluding carboxylic acids is 1. The third kappa shape index (κ3) is 3.51. The number of fused-ring (bicyclic) bond motifs is 1. The monoisotopic (exact) mass is 434 g/mol. The van der Waals surface area contributed by atoms with Crippen molar-refractivity contribution < 1.29 is 18.4 Å². The van der Waals surface area contributed by atoms with Crippen molar-refractivity contribution in [3.05, 3.63) is 62.7 Å². The highest BCUT2D eigenvalue weighted by Gasteiger charge is 2.31. The van der Waals surface area contributed by atoms with Gasteiger partial charge in [0, 0.05) is 28.2 Å². The SMILES string of the molecule is Cc1cccc(-c2cc(S(=O)(=O)N3CCc4cc(C(=O)NO)sc4C3)cs2)c1. The lowest BCUT2D eigenvalue weighted by atomic mass is 10.1. The molecule has 1 aliphatic rings. The van der Waals surface area contributed by atoms with Crippen molar-refractivity contribution in [2.75, 3.05) is 6.54 Å². The maximum atomic E-state index is 13.1. The maximum absolute atomic E-state index is 13.1. The smallest absolute Gasteiger partial charge is 0.284 e. The Morgan fingerprint density at radius 3 is 2.82 bits per heavy atom. The molecule has 4 rings (SSSR count). The van der Waals surface area contributed by atoms with Crippen molar-refractivity contribution in [1.82, 2.24) is 9.79 Å². The molecule has 0 spiro atoms. The van der Waals surface area contributed by atoms with Crippen LogP contribution in [0.15, 0.2) is 46.7 Å². The number of nitrogens with zero attached hydrogens (tertiary/aromatic N) is 1. The van der Waals surface area contributed by atoms with Crippen LogP contribution in [0.4, 0.5) is 0 Å². The van der Waals surface area contributed by atoms with Gasteiger partial charge < -0.3 is 0 Å². The Morgan fingerprint density at radius 2 is 2.07 bits per heavy atom. The minimum absolute atomic E-state index is 0.233. The van der Waals surface area contributed by atoms with Crippen LogP contribution in [-0.2, 0) is 23.0 Å². The van der Waals surface area contributed by atoms with Gasteiger partial charge in [0.15, 0.2) is 0 Å². The molecule has 6 nitrogen and oxygen atoms in total. The largest absolute Gasteiger partial charge is 0.288 e. The number of nitrogens with one attached hydrogen (secondary N) is 1. The molecule has 1 aromatic carbocycles. The summed E-state index contributed by atoms with van der Waals surface area (Å²) in [6.07, 6.45) is 0.540. The van der Waals surface area contributed by atoms with E-state index in [1.54, 1.807) is 23.0 Å². The van der Waals surface area contributed by atoms with Crippen LogP contribution in [0.3, 0.4) is 0 Å². The Balaban J connectivity index is 1.59. The molecule has 1 amide bonds. The second-order valence-corrected chi connectivity index (χ2v) is 10.6. The molecule has 28 heavy (non-hydrogen) atoms. The van der Waals surface area contributed by atoms with Gasteiger partial charge in [0.1, 0.15) is 0 Å². The molecule has 2 aromatic heterocycles. The number of sulfonamides is 1. The van der Waals surface area contributed by atoms with Crippen LogP contribution in [0, 0.1) is 6.92 Å². The molecule has 0 unspecified atom stereocenters. The first-order chi connectivity index (χ1) is 13.4. The van der Waals surface area contributed by atoms with Gasteiger partial charge in [-0.3, -0.25) is 10.0 Å². The summed E-state index contributed by atoms with van der Waals surface area (Å²) in [5.74, 6) is -0.575. The van der Waals surface area contributed by atoms with E-state index in [0.29, 0.717) is 22.7 Å². The molecule has 0 atom stereocenters. The number of rotatable bonds is 4. The molecule has 0 radical (unpaired) electrons. The first-order valence-corrected chi connectivity index (χ1v) is 11.7. The van der Waals surface area contributed by atoms with Gasteiger partial charge in [-0.05, 0) is 36.6 Å². The van der Waals surface area contributed by atoms with Crippen molar-refractivity contribution in [2.24, 2.45) is 0 Å². The molecule has 0 saturated carbocycles. The summed E-state index contributed by atoms with van der Waals surface area (Å²) < 4.78 is 27.7. The normalized spacial score (nSPS) is 14.6. The highest BCUT2D eigenvalue weighted by atomic mass is 32.2. The highest BCUT2D eigenvalue weighted by Crippen LogP contribution is 2.34. The van der Waals surface area contributed by atoms with Crippen molar-refractivity contribution in [2.45, 2.75) is 24.8 Å². The van der Waals surface area contributed by atoms with Crippen LogP contribution in [0.5, 0.6) is 0 Å². The predicted octanol–water partition coefficient (Wildman–Crippen LogP) is 3.65. The van der Waals surface area contributed by atoms with Crippen molar-refractivity contribution in [3.8, 4) is 10.4 Å². The number of hydroxylamine groups is 1. The lowest BCUT2D eigenvalue weighted by molar-refractivity contribution is 0.0711. The lowest BCUT2D eigenvalue weighted by Gasteiger charge is -2.25. The second kappa shape index (κ2) is 7.41. The molecule has 0 fully saturated rings. The summed E-state index contributed by atoms with van der Waals surface area (Å²) >= 11 is 2.63. The Morgan fingerprint density at radius 1 is 1.25 bits per heavy atom. The lowest BCUT2D eigenvalue weighted by Crippen LogP contribution is -2.35. The molecular formula is C19H18N2O4S3. The van der Waals surface area contributed by atoms with Crippen molar-refractivity contribution in [1.29, 1.82) is 0 Å². The number of carbonyl (C=O) groups is 1.